The minimum atomic E-state index is -2.47. The van der Waals surface area contributed by atoms with Gasteiger partial charge in [-0.1, -0.05) is 101 Å². The van der Waals surface area contributed by atoms with Crippen LogP contribution in [-0.4, -0.2) is 133 Å². The molecule has 1 aromatic carbocycles. The zero-order valence-corrected chi connectivity index (χ0v) is 46.9. The summed E-state index contributed by atoms with van der Waals surface area (Å²) in [5.74, 6) is -8.57. The van der Waals surface area contributed by atoms with Crippen molar-refractivity contribution in [3.8, 4) is 6.07 Å². The van der Waals surface area contributed by atoms with Gasteiger partial charge in [0.05, 0.1) is 24.4 Å². The predicted octanol–water partition coefficient (Wildman–Crippen LogP) is 8.18. The number of aliphatic hydroxyl groups is 2. The van der Waals surface area contributed by atoms with Gasteiger partial charge in [-0.2, -0.15) is 5.26 Å². The Bertz CT molecular complexity index is 2340. The lowest BCUT2D eigenvalue weighted by atomic mass is 9.78. The van der Waals surface area contributed by atoms with Gasteiger partial charge in [-0.3, -0.25) is 19.2 Å². The van der Waals surface area contributed by atoms with Gasteiger partial charge in [0.2, 0.25) is 5.79 Å². The Morgan fingerprint density at radius 1 is 0.883 bits per heavy atom. The molecule has 77 heavy (non-hydrogen) atoms. The van der Waals surface area contributed by atoms with Gasteiger partial charge in [0.1, 0.15) is 42.3 Å². The number of ketones is 3. The maximum Gasteiger partial charge on any atom is 0.408 e. The van der Waals surface area contributed by atoms with E-state index < -0.39 is 108 Å². The van der Waals surface area contributed by atoms with Crippen LogP contribution in [0.2, 0.25) is 0 Å². The van der Waals surface area contributed by atoms with Gasteiger partial charge in [-0.25, -0.2) is 9.59 Å². The molecular weight excluding hydrogens is 987 g/mol. The number of alkyl carbamates (subject to hydrolysis) is 1. The third-order valence-corrected chi connectivity index (χ3v) is 16.2. The standard InChI is InChI=1S/C60H85N3O14/c1-36-19-13-11-14-20-37(2)50(72-8)33-45-26-24-42(7)60(71,77-45)56(67)57(68)63-28-18-17-23-47(63)58(69)75-51(34-48(64)38(3)30-41(6)54(66)55(74-10)53(65)40(5)29-36)39(4)31-43-25-27-49(52(32-43)73-9)76-59(70)62-46(35-61)44-21-15-12-16-22-44/h11-16,19-22,30,36,38-40,42-43,45-47,49-52,54-55,66,71H,17-18,23-29,31-34H2,1-10H3,(H,62,70)/b14-11+,19-13+,37-20+,41-30+/t36?,38?,39?,40-,42-,43?,45?,46?,47+,49-,50?,51?,52?,54-,55?,60-/m1/s1. The monoisotopic (exact) mass is 1070 g/mol. The zero-order chi connectivity index (χ0) is 56.6. The van der Waals surface area contributed by atoms with Crippen molar-refractivity contribution in [3.05, 3.63) is 83.5 Å². The Labute approximate surface area is 455 Å². The van der Waals surface area contributed by atoms with E-state index in [1.54, 1.807) is 65.1 Å². The number of benzene rings is 1. The molecule has 2 bridgehead atoms. The molecule has 3 heterocycles. The maximum absolute atomic E-state index is 14.6. The van der Waals surface area contributed by atoms with Crippen molar-refractivity contribution in [1.82, 2.24) is 10.2 Å². The van der Waals surface area contributed by atoms with E-state index in [1.807, 2.05) is 57.2 Å². The molecule has 0 aromatic heterocycles. The van der Waals surface area contributed by atoms with Gasteiger partial charge in [-0.15, -0.1) is 0 Å². The number of fused-ring (bicyclic) bond motifs is 3. The van der Waals surface area contributed by atoms with Crippen LogP contribution in [0.15, 0.2) is 77.9 Å². The molecule has 17 nitrogen and oxygen atoms in total. The number of carbonyl (C=O) groups is 6. The van der Waals surface area contributed by atoms with Gasteiger partial charge in [0.25, 0.3) is 11.7 Å². The molecule has 1 saturated carbocycles. The fourth-order valence-electron chi connectivity index (χ4n) is 11.4. The fraction of sp³-hybridized carbons (Fsp3) is 0.650. The molecular formula is C60H85N3O14. The minimum absolute atomic E-state index is 0.00646. The number of allylic oxidation sites excluding steroid dienone is 6. The Morgan fingerprint density at radius 2 is 1.61 bits per heavy atom. The van der Waals surface area contributed by atoms with E-state index in [0.717, 1.165) is 5.57 Å². The maximum atomic E-state index is 14.6. The molecule has 0 spiro atoms. The largest absolute Gasteiger partial charge is 0.460 e. The van der Waals surface area contributed by atoms with Crippen molar-refractivity contribution in [2.45, 2.75) is 186 Å². The van der Waals surface area contributed by atoms with E-state index in [0.29, 0.717) is 75.3 Å². The summed E-state index contributed by atoms with van der Waals surface area (Å²) in [4.78, 5) is 85.8. The highest BCUT2D eigenvalue weighted by molar-refractivity contribution is 6.39. The molecule has 17 heteroatoms. The highest BCUT2D eigenvalue weighted by Gasteiger charge is 2.53. The van der Waals surface area contributed by atoms with E-state index in [-0.39, 0.29) is 42.8 Å². The van der Waals surface area contributed by atoms with Crippen molar-refractivity contribution in [2.75, 3.05) is 27.9 Å². The normalized spacial score (nSPS) is 36.1. The molecule has 0 radical (unpaired) electrons. The van der Waals surface area contributed by atoms with E-state index in [2.05, 4.69) is 11.4 Å². The number of hydrogen-bond donors (Lipinski definition) is 3. The highest BCUT2D eigenvalue weighted by atomic mass is 16.6. The first-order valence-electron chi connectivity index (χ1n) is 27.6. The second-order valence-corrected chi connectivity index (χ2v) is 22.1. The lowest BCUT2D eigenvalue weighted by Crippen LogP contribution is -2.61. The third kappa shape index (κ3) is 16.8. The van der Waals surface area contributed by atoms with E-state index in [4.69, 9.17) is 28.4 Å². The van der Waals surface area contributed by atoms with Crippen molar-refractivity contribution in [2.24, 2.45) is 35.5 Å². The Kier molecular flexibility index (Phi) is 24.0. The van der Waals surface area contributed by atoms with Gasteiger partial charge in [0.15, 0.2) is 5.78 Å². The summed E-state index contributed by atoms with van der Waals surface area (Å²) in [6.45, 7) is 12.6. The van der Waals surface area contributed by atoms with Crippen molar-refractivity contribution >= 4 is 35.3 Å². The van der Waals surface area contributed by atoms with Gasteiger partial charge < -0.3 is 48.9 Å². The summed E-state index contributed by atoms with van der Waals surface area (Å²) in [6.07, 6.45) is 9.19. The topological polar surface area (TPSA) is 237 Å². The third-order valence-electron chi connectivity index (χ3n) is 16.2. The molecule has 3 aliphatic heterocycles. The number of methoxy groups -OCH3 is 3. The van der Waals surface area contributed by atoms with Crippen LogP contribution < -0.4 is 5.32 Å². The molecule has 424 valence electrons. The number of nitrogens with zero attached hydrogens (tertiary/aromatic N) is 2. The Hall–Kier alpha value is -5.35. The van der Waals surface area contributed by atoms with Gasteiger partial charge in [0, 0.05) is 58.5 Å². The van der Waals surface area contributed by atoms with Crippen molar-refractivity contribution < 1.29 is 67.4 Å². The first kappa shape index (κ1) is 62.5. The van der Waals surface area contributed by atoms with Gasteiger partial charge >= 0.3 is 12.1 Å². The molecule has 4 aliphatic rings. The number of piperidine rings is 1. The molecule has 1 aliphatic carbocycles. The number of cyclic esters (lactones) is 1. The molecule has 3 N–H and O–H groups in total. The smallest absolute Gasteiger partial charge is 0.408 e. The molecule has 16 atom stereocenters. The van der Waals surface area contributed by atoms with Crippen molar-refractivity contribution in [3.63, 3.8) is 0 Å². The Balaban J connectivity index is 1.42. The molecule has 2 saturated heterocycles. The first-order valence-corrected chi connectivity index (χ1v) is 27.6. The summed E-state index contributed by atoms with van der Waals surface area (Å²) in [5, 5.41) is 36.0. The van der Waals surface area contributed by atoms with Crippen LogP contribution in [0.3, 0.4) is 0 Å². The number of ether oxygens (including phenoxy) is 6. The molecule has 2 amide bonds. The first-order chi connectivity index (χ1) is 36.6. The van der Waals surface area contributed by atoms with Crippen LogP contribution in [-0.2, 0) is 52.4 Å². The summed E-state index contributed by atoms with van der Waals surface area (Å²) in [5.41, 5.74) is 1.83. The summed E-state index contributed by atoms with van der Waals surface area (Å²) < 4.78 is 35.6. The summed E-state index contributed by atoms with van der Waals surface area (Å²) >= 11 is 0. The van der Waals surface area contributed by atoms with Crippen LogP contribution in [0, 0.1) is 46.8 Å². The number of nitrogens with one attached hydrogen (secondary N) is 1. The van der Waals surface area contributed by atoms with Crippen LogP contribution in [0.25, 0.3) is 0 Å². The number of Topliss-reactive ketones (excluding diaryl/α,β-unsaturated/α-hetero) is 3. The second kappa shape index (κ2) is 29.6. The quantitative estimate of drug-likeness (QED) is 0.120. The fourth-order valence-corrected chi connectivity index (χ4v) is 11.4. The number of aliphatic hydroxyl groups excluding tert-OH is 1. The van der Waals surface area contributed by atoms with E-state index >= 15 is 0 Å². The predicted molar refractivity (Wildman–Crippen MR) is 287 cm³/mol. The number of nitriles is 1. The van der Waals surface area contributed by atoms with Crippen LogP contribution in [0.1, 0.15) is 137 Å². The lowest BCUT2D eigenvalue weighted by molar-refractivity contribution is -0.265. The van der Waals surface area contributed by atoms with Crippen LogP contribution in [0.4, 0.5) is 4.79 Å². The molecule has 5 rings (SSSR count). The number of hydrogen-bond acceptors (Lipinski definition) is 15. The highest BCUT2D eigenvalue weighted by Crippen LogP contribution is 2.38. The van der Waals surface area contributed by atoms with Crippen LogP contribution in [0.5, 0.6) is 0 Å². The number of rotatable bonds is 9. The average Bonchev–Trinajstić information content (AvgIpc) is 3.42. The summed E-state index contributed by atoms with van der Waals surface area (Å²) in [7, 11) is 4.46. The van der Waals surface area contributed by atoms with Crippen LogP contribution >= 0.6 is 0 Å². The molecule has 1 aromatic rings. The van der Waals surface area contributed by atoms with Crippen molar-refractivity contribution in [1.29, 1.82) is 5.26 Å². The minimum Gasteiger partial charge on any atom is -0.460 e. The lowest BCUT2D eigenvalue weighted by Gasteiger charge is -2.42. The number of esters is 1. The molecule has 3 fully saturated rings. The number of amides is 2. The molecule has 10 unspecified atom stereocenters. The average molecular weight is 1070 g/mol. The summed E-state index contributed by atoms with van der Waals surface area (Å²) in [6, 6.07) is 8.81. The van der Waals surface area contributed by atoms with E-state index in [1.165, 1.54) is 19.1 Å². The second-order valence-electron chi connectivity index (χ2n) is 22.1. The Morgan fingerprint density at radius 3 is 2.29 bits per heavy atom. The van der Waals surface area contributed by atoms with Gasteiger partial charge in [-0.05, 0) is 113 Å². The van der Waals surface area contributed by atoms with E-state index in [9.17, 15) is 44.2 Å². The zero-order valence-electron chi connectivity index (χ0n) is 46.9. The SMILES string of the molecule is COC1CC2CC[C@@H](C)[C@@](O)(O2)C(=O)C(=O)N2CCCC[C@H]2C(=O)OC(C(C)CC2CC[C@@H](OC(=O)NC(C#N)c3ccccc3)C(OC)C2)CC(=O)C(C)/C=C(\C)[C@@H](O)C(OC)C(=O)[C@H](C)CC(C)/C=C/C=C/C=C/1C. The number of carbonyl (C=O) groups excluding carboxylic acids is 6.